The van der Waals surface area contributed by atoms with Crippen molar-refractivity contribution in [1.29, 1.82) is 0 Å². The zero-order valence-electron chi connectivity index (χ0n) is 15.1. The molecule has 1 saturated carbocycles. The van der Waals surface area contributed by atoms with Crippen molar-refractivity contribution in [3.05, 3.63) is 53.8 Å². The highest BCUT2D eigenvalue weighted by molar-refractivity contribution is 5.98. The summed E-state index contributed by atoms with van der Waals surface area (Å²) in [5.74, 6) is 0.176. The smallest absolute Gasteiger partial charge is 0.228 e. The van der Waals surface area contributed by atoms with Gasteiger partial charge in [-0.05, 0) is 48.6 Å². The fraction of sp³-hybridized carbons (Fsp3) is 0.333. The van der Waals surface area contributed by atoms with Crippen LogP contribution in [0.2, 0.25) is 0 Å². The lowest BCUT2D eigenvalue weighted by atomic mass is 10.1. The molecule has 4 rings (SSSR count). The lowest BCUT2D eigenvalue weighted by Gasteiger charge is -2.19. The highest BCUT2D eigenvalue weighted by atomic mass is 19.1. The number of carbonyl (C=O) groups excluding carboxylic acids is 2. The Kier molecular flexibility index (Phi) is 4.56. The van der Waals surface area contributed by atoms with Gasteiger partial charge in [0.1, 0.15) is 11.6 Å². The molecule has 2 aromatic rings. The Bertz CT molecular complexity index is 899. The van der Waals surface area contributed by atoms with Crippen LogP contribution in [0.5, 0.6) is 5.75 Å². The predicted octanol–water partition coefficient (Wildman–Crippen LogP) is 3.70. The molecule has 0 radical (unpaired) electrons. The van der Waals surface area contributed by atoms with Gasteiger partial charge in [0.25, 0.3) is 0 Å². The minimum Gasteiger partial charge on any atom is -0.494 e. The molecule has 5 nitrogen and oxygen atoms in total. The van der Waals surface area contributed by atoms with E-state index in [1.807, 2.05) is 6.07 Å². The number of nitrogens with one attached hydrogen (secondary N) is 1. The number of hydrogen-bond donors (Lipinski definition) is 1. The van der Waals surface area contributed by atoms with Crippen LogP contribution in [-0.2, 0) is 9.59 Å². The van der Waals surface area contributed by atoms with Crippen molar-refractivity contribution >= 4 is 23.2 Å². The first kappa shape index (κ1) is 17.5. The normalized spacial score (nSPS) is 21.3. The summed E-state index contributed by atoms with van der Waals surface area (Å²) >= 11 is 0. The highest BCUT2D eigenvalue weighted by Gasteiger charge is 2.44. The minimum absolute atomic E-state index is 0.0593. The fourth-order valence-electron chi connectivity index (χ4n) is 3.71. The molecule has 0 aromatic heterocycles. The standard InChI is InChI=1S/C21H21FN2O3/c1-27-19-11-15(7-8-18(19)24-9-3-6-20(24)25)23-21(26)17-12-16(17)13-4-2-5-14(22)10-13/h2,4-5,7-8,10-11,16-17H,3,6,9,12H2,1H3,(H,23,26)/t16-,17+/m0/s1. The highest BCUT2D eigenvalue weighted by Crippen LogP contribution is 2.48. The van der Waals surface area contributed by atoms with Gasteiger partial charge in [-0.3, -0.25) is 9.59 Å². The molecule has 1 N–H and O–H groups in total. The van der Waals surface area contributed by atoms with Gasteiger partial charge in [0.15, 0.2) is 0 Å². The maximum absolute atomic E-state index is 13.4. The average molecular weight is 368 g/mol. The number of halogens is 1. The average Bonchev–Trinajstić information content (AvgIpc) is 3.36. The predicted molar refractivity (Wildman–Crippen MR) is 100 cm³/mol. The van der Waals surface area contributed by atoms with E-state index in [-0.39, 0.29) is 29.5 Å². The Morgan fingerprint density at radius 2 is 2.11 bits per heavy atom. The van der Waals surface area contributed by atoms with E-state index in [1.165, 1.54) is 12.1 Å². The van der Waals surface area contributed by atoms with Crippen LogP contribution >= 0.6 is 0 Å². The van der Waals surface area contributed by atoms with Gasteiger partial charge in [-0.2, -0.15) is 0 Å². The second-order valence-corrected chi connectivity index (χ2v) is 7.03. The van der Waals surface area contributed by atoms with Crippen molar-refractivity contribution in [2.75, 3.05) is 23.9 Å². The van der Waals surface area contributed by atoms with Crippen molar-refractivity contribution in [3.63, 3.8) is 0 Å². The number of anilines is 2. The van der Waals surface area contributed by atoms with Crippen LogP contribution < -0.4 is 15.0 Å². The molecule has 2 fully saturated rings. The van der Waals surface area contributed by atoms with E-state index in [0.29, 0.717) is 30.8 Å². The minimum atomic E-state index is -0.282. The van der Waals surface area contributed by atoms with Crippen LogP contribution in [0.3, 0.4) is 0 Å². The molecular formula is C21H21FN2O3. The molecule has 2 aliphatic rings. The number of carbonyl (C=O) groups is 2. The molecular weight excluding hydrogens is 347 g/mol. The quantitative estimate of drug-likeness (QED) is 0.875. The summed E-state index contributed by atoms with van der Waals surface area (Å²) in [5.41, 5.74) is 2.20. The first-order valence-corrected chi connectivity index (χ1v) is 9.11. The summed E-state index contributed by atoms with van der Waals surface area (Å²) in [6.45, 7) is 0.679. The third kappa shape index (κ3) is 3.52. The van der Waals surface area contributed by atoms with Gasteiger partial charge in [-0.1, -0.05) is 12.1 Å². The van der Waals surface area contributed by atoms with Gasteiger partial charge in [-0.25, -0.2) is 4.39 Å². The third-order valence-electron chi connectivity index (χ3n) is 5.22. The molecule has 1 heterocycles. The van der Waals surface area contributed by atoms with Gasteiger partial charge in [0, 0.05) is 30.6 Å². The molecule has 0 bridgehead atoms. The monoisotopic (exact) mass is 368 g/mol. The van der Waals surface area contributed by atoms with E-state index >= 15 is 0 Å². The summed E-state index contributed by atoms with van der Waals surface area (Å²) < 4.78 is 18.8. The van der Waals surface area contributed by atoms with Gasteiger partial charge < -0.3 is 15.0 Å². The number of hydrogen-bond acceptors (Lipinski definition) is 3. The SMILES string of the molecule is COc1cc(NC(=O)[C@@H]2C[C@H]2c2cccc(F)c2)ccc1N1CCCC1=O. The van der Waals surface area contributed by atoms with E-state index in [1.54, 1.807) is 36.3 Å². The van der Waals surface area contributed by atoms with Crippen molar-refractivity contribution in [1.82, 2.24) is 0 Å². The van der Waals surface area contributed by atoms with E-state index in [9.17, 15) is 14.0 Å². The topological polar surface area (TPSA) is 58.6 Å². The van der Waals surface area contributed by atoms with Crippen LogP contribution in [0, 0.1) is 11.7 Å². The van der Waals surface area contributed by atoms with E-state index in [0.717, 1.165) is 17.7 Å². The van der Waals surface area contributed by atoms with E-state index in [2.05, 4.69) is 5.32 Å². The molecule has 2 atom stereocenters. The molecule has 1 aliphatic carbocycles. The number of amides is 2. The second-order valence-electron chi connectivity index (χ2n) is 7.03. The van der Waals surface area contributed by atoms with Gasteiger partial charge in [0.2, 0.25) is 11.8 Å². The summed E-state index contributed by atoms with van der Waals surface area (Å²) in [5, 5.41) is 2.91. The van der Waals surface area contributed by atoms with Crippen molar-refractivity contribution in [3.8, 4) is 5.75 Å². The van der Waals surface area contributed by atoms with Crippen LogP contribution in [0.25, 0.3) is 0 Å². The van der Waals surface area contributed by atoms with E-state index in [4.69, 9.17) is 4.74 Å². The maximum Gasteiger partial charge on any atom is 0.228 e. The first-order valence-electron chi connectivity index (χ1n) is 9.11. The largest absolute Gasteiger partial charge is 0.494 e. The molecule has 140 valence electrons. The maximum atomic E-state index is 13.4. The summed E-state index contributed by atoms with van der Waals surface area (Å²) in [6.07, 6.45) is 2.10. The Hall–Kier alpha value is -2.89. The van der Waals surface area contributed by atoms with Crippen LogP contribution in [0.4, 0.5) is 15.8 Å². The second kappa shape index (κ2) is 7.02. The number of rotatable bonds is 5. The van der Waals surface area contributed by atoms with Crippen molar-refractivity contribution in [2.45, 2.75) is 25.2 Å². The lowest BCUT2D eigenvalue weighted by molar-refractivity contribution is -0.118. The molecule has 1 aliphatic heterocycles. The summed E-state index contributed by atoms with van der Waals surface area (Å²) in [6, 6.07) is 11.7. The molecule has 0 unspecified atom stereocenters. The Labute approximate surface area is 157 Å². The van der Waals surface area contributed by atoms with Gasteiger partial charge in [0.05, 0.1) is 12.8 Å². The molecule has 0 spiro atoms. The van der Waals surface area contributed by atoms with E-state index < -0.39 is 0 Å². The zero-order chi connectivity index (χ0) is 19.0. The third-order valence-corrected chi connectivity index (χ3v) is 5.22. The summed E-state index contributed by atoms with van der Waals surface area (Å²) in [4.78, 5) is 26.2. The number of nitrogens with zero attached hydrogens (tertiary/aromatic N) is 1. The summed E-state index contributed by atoms with van der Waals surface area (Å²) in [7, 11) is 1.55. The molecule has 27 heavy (non-hydrogen) atoms. The first-order chi connectivity index (χ1) is 13.1. The van der Waals surface area contributed by atoms with Crippen LogP contribution in [0.1, 0.15) is 30.7 Å². The van der Waals surface area contributed by atoms with Crippen molar-refractivity contribution < 1.29 is 18.7 Å². The molecule has 6 heteroatoms. The number of benzene rings is 2. The van der Waals surface area contributed by atoms with Crippen molar-refractivity contribution in [2.24, 2.45) is 5.92 Å². The Morgan fingerprint density at radius 3 is 2.81 bits per heavy atom. The van der Waals surface area contributed by atoms with Gasteiger partial charge in [-0.15, -0.1) is 0 Å². The molecule has 2 amide bonds. The van der Waals surface area contributed by atoms with Gasteiger partial charge >= 0.3 is 0 Å². The zero-order valence-corrected chi connectivity index (χ0v) is 15.1. The lowest BCUT2D eigenvalue weighted by Crippen LogP contribution is -2.24. The Balaban J connectivity index is 1.45. The van der Waals surface area contributed by atoms with Crippen LogP contribution in [-0.4, -0.2) is 25.5 Å². The Morgan fingerprint density at radius 1 is 1.26 bits per heavy atom. The molecule has 1 saturated heterocycles. The fourth-order valence-corrected chi connectivity index (χ4v) is 3.71. The number of ether oxygens (including phenoxy) is 1. The van der Waals surface area contributed by atoms with Crippen LogP contribution in [0.15, 0.2) is 42.5 Å². The molecule has 2 aromatic carbocycles. The number of methoxy groups -OCH3 is 1.